The monoisotopic (exact) mass is 459 g/mol. The van der Waals surface area contributed by atoms with Crippen molar-refractivity contribution in [3.8, 4) is 11.5 Å². The van der Waals surface area contributed by atoms with Gasteiger partial charge in [-0.3, -0.25) is 4.79 Å². The number of ether oxygens (including phenoxy) is 2. The summed E-state index contributed by atoms with van der Waals surface area (Å²) in [7, 11) is 3.29. The van der Waals surface area contributed by atoms with Crippen molar-refractivity contribution in [1.29, 1.82) is 0 Å². The molecule has 1 fully saturated rings. The topological polar surface area (TPSA) is 54.9 Å². The van der Waals surface area contributed by atoms with Gasteiger partial charge in [-0.2, -0.15) is 0 Å². The van der Waals surface area contributed by atoms with Crippen molar-refractivity contribution in [2.45, 2.75) is 6.92 Å². The van der Waals surface area contributed by atoms with E-state index < -0.39 is 0 Å². The summed E-state index contributed by atoms with van der Waals surface area (Å²) in [5.74, 6) is 2.28. The number of anilines is 1. The molecule has 0 bridgehead atoms. The highest BCUT2D eigenvalue weighted by Gasteiger charge is 2.24. The Bertz CT molecular complexity index is 1140. The fourth-order valence-electron chi connectivity index (χ4n) is 3.91. The first-order valence-corrected chi connectivity index (χ1v) is 10.7. The van der Waals surface area contributed by atoms with Gasteiger partial charge in [0.1, 0.15) is 22.8 Å². The van der Waals surface area contributed by atoms with Crippen LogP contribution in [0, 0.1) is 6.92 Å². The summed E-state index contributed by atoms with van der Waals surface area (Å²) in [5, 5.41) is 1.76. The van der Waals surface area contributed by atoms with Gasteiger partial charge in [-0.1, -0.05) is 23.2 Å². The van der Waals surface area contributed by atoms with Crippen LogP contribution in [0.2, 0.25) is 10.0 Å². The Kier molecular flexibility index (Phi) is 6.12. The molecule has 0 radical (unpaired) electrons. The van der Waals surface area contributed by atoms with Crippen molar-refractivity contribution in [3.63, 3.8) is 0 Å². The number of hydrogen-bond acceptors (Lipinski definition) is 5. The number of nitrogens with zero attached hydrogens (tertiary/aromatic N) is 3. The molecule has 0 atom stereocenters. The van der Waals surface area contributed by atoms with Crippen LogP contribution in [-0.2, 0) is 0 Å². The molecule has 1 aromatic heterocycles. The van der Waals surface area contributed by atoms with E-state index in [1.165, 1.54) is 0 Å². The lowest BCUT2D eigenvalue weighted by molar-refractivity contribution is 0.0746. The summed E-state index contributed by atoms with van der Waals surface area (Å²) >= 11 is 12.0. The van der Waals surface area contributed by atoms with E-state index in [1.807, 2.05) is 24.0 Å². The van der Waals surface area contributed by atoms with E-state index in [9.17, 15) is 4.79 Å². The molecule has 1 amide bonds. The van der Waals surface area contributed by atoms with Crippen LogP contribution in [0.3, 0.4) is 0 Å². The minimum atomic E-state index is -0.0488. The normalized spacial score (nSPS) is 14.1. The number of halogens is 2. The number of carbonyl (C=O) groups is 1. The number of fused-ring (bicyclic) bond motifs is 1. The molecular formula is C23H23Cl2N3O3. The zero-order valence-corrected chi connectivity index (χ0v) is 19.1. The predicted molar refractivity (Wildman–Crippen MR) is 124 cm³/mol. The zero-order valence-electron chi connectivity index (χ0n) is 17.6. The van der Waals surface area contributed by atoms with Gasteiger partial charge in [-0.25, -0.2) is 4.98 Å². The largest absolute Gasteiger partial charge is 0.496 e. The quantitative estimate of drug-likeness (QED) is 0.559. The van der Waals surface area contributed by atoms with Crippen LogP contribution in [-0.4, -0.2) is 56.2 Å². The third-order valence-electron chi connectivity index (χ3n) is 5.57. The molecule has 0 aliphatic carbocycles. The second kappa shape index (κ2) is 8.81. The lowest BCUT2D eigenvalue weighted by Crippen LogP contribution is -2.49. The van der Waals surface area contributed by atoms with Gasteiger partial charge >= 0.3 is 0 Å². The lowest BCUT2D eigenvalue weighted by atomic mass is 10.1. The van der Waals surface area contributed by atoms with E-state index in [0.29, 0.717) is 47.5 Å². The van der Waals surface area contributed by atoms with Crippen LogP contribution in [0.25, 0.3) is 10.9 Å². The van der Waals surface area contributed by atoms with Crippen molar-refractivity contribution >= 4 is 45.8 Å². The smallest absolute Gasteiger partial charge is 0.254 e. The number of amides is 1. The van der Waals surface area contributed by atoms with E-state index in [-0.39, 0.29) is 5.91 Å². The Labute approximate surface area is 191 Å². The fraction of sp³-hybridized carbons (Fsp3) is 0.304. The summed E-state index contributed by atoms with van der Waals surface area (Å²) in [6.07, 6.45) is 0. The summed E-state index contributed by atoms with van der Waals surface area (Å²) in [6.45, 7) is 4.58. The van der Waals surface area contributed by atoms with Crippen molar-refractivity contribution in [2.24, 2.45) is 0 Å². The van der Waals surface area contributed by atoms with Crippen LogP contribution in [0.5, 0.6) is 11.5 Å². The van der Waals surface area contributed by atoms with Gasteiger partial charge in [0.25, 0.3) is 5.91 Å². The Morgan fingerprint density at radius 3 is 2.26 bits per heavy atom. The molecule has 0 unspecified atom stereocenters. The number of piperazine rings is 1. The molecule has 0 saturated carbocycles. The van der Waals surface area contributed by atoms with Crippen LogP contribution in [0.4, 0.5) is 5.82 Å². The molecule has 162 valence electrons. The Hall–Kier alpha value is -2.70. The van der Waals surface area contributed by atoms with Crippen LogP contribution in [0.15, 0.2) is 36.4 Å². The molecule has 1 saturated heterocycles. The van der Waals surface area contributed by atoms with E-state index >= 15 is 0 Å². The second-order valence-electron chi connectivity index (χ2n) is 7.40. The maximum absolute atomic E-state index is 12.8. The molecule has 2 heterocycles. The predicted octanol–water partition coefficient (Wildman–Crippen LogP) is 4.83. The first-order valence-electron chi connectivity index (χ1n) is 9.94. The molecular weight excluding hydrogens is 437 g/mol. The van der Waals surface area contributed by atoms with Gasteiger partial charge in [-0.15, -0.1) is 0 Å². The lowest BCUT2D eigenvalue weighted by Gasteiger charge is -2.35. The molecule has 3 aromatic rings. The second-order valence-corrected chi connectivity index (χ2v) is 8.21. The average Bonchev–Trinajstić information content (AvgIpc) is 2.79. The van der Waals surface area contributed by atoms with Gasteiger partial charge in [0.05, 0.1) is 24.3 Å². The summed E-state index contributed by atoms with van der Waals surface area (Å²) in [5.41, 5.74) is 2.37. The molecule has 4 rings (SSSR count). The number of benzene rings is 2. The molecule has 1 aliphatic heterocycles. The van der Waals surface area contributed by atoms with Crippen molar-refractivity contribution in [1.82, 2.24) is 9.88 Å². The van der Waals surface area contributed by atoms with Gasteiger partial charge in [0.2, 0.25) is 0 Å². The maximum atomic E-state index is 12.8. The number of pyridine rings is 1. The first-order chi connectivity index (χ1) is 14.9. The highest BCUT2D eigenvalue weighted by atomic mass is 35.5. The number of rotatable bonds is 4. The average molecular weight is 460 g/mol. The first kappa shape index (κ1) is 21.5. The standard InChI is InChI=1S/C23H23Cl2N3O3/c1-14-12-20(26-22-19(31-3)7-6-18(30-2)21(14)22)27-8-10-28(11-9-27)23(29)15-4-5-16(24)17(25)13-15/h4-7,12-13H,8-11H2,1-3H3. The van der Waals surface area contributed by atoms with E-state index in [2.05, 4.69) is 11.0 Å². The highest BCUT2D eigenvalue weighted by molar-refractivity contribution is 6.42. The molecule has 0 N–H and O–H groups in total. The van der Waals surface area contributed by atoms with Crippen molar-refractivity contribution in [2.75, 3.05) is 45.3 Å². The maximum Gasteiger partial charge on any atom is 0.254 e. The van der Waals surface area contributed by atoms with Crippen molar-refractivity contribution < 1.29 is 14.3 Å². The van der Waals surface area contributed by atoms with Crippen LogP contribution < -0.4 is 14.4 Å². The van der Waals surface area contributed by atoms with E-state index in [0.717, 1.165) is 28.0 Å². The Morgan fingerprint density at radius 1 is 0.935 bits per heavy atom. The van der Waals surface area contributed by atoms with Crippen molar-refractivity contribution in [3.05, 3.63) is 57.6 Å². The molecule has 6 nitrogen and oxygen atoms in total. The molecule has 1 aliphatic rings. The number of hydrogen-bond donors (Lipinski definition) is 0. The fourth-order valence-corrected chi connectivity index (χ4v) is 4.20. The van der Waals surface area contributed by atoms with Crippen LogP contribution in [0.1, 0.15) is 15.9 Å². The molecule has 2 aromatic carbocycles. The third-order valence-corrected chi connectivity index (χ3v) is 6.31. The number of aryl methyl sites for hydroxylation is 1. The Balaban J connectivity index is 1.56. The van der Waals surface area contributed by atoms with E-state index in [1.54, 1.807) is 32.4 Å². The van der Waals surface area contributed by atoms with Gasteiger partial charge < -0.3 is 19.3 Å². The summed E-state index contributed by atoms with van der Waals surface area (Å²) in [4.78, 5) is 21.7. The molecule has 8 heteroatoms. The minimum absolute atomic E-state index is 0.0488. The number of methoxy groups -OCH3 is 2. The third kappa shape index (κ3) is 4.10. The van der Waals surface area contributed by atoms with Gasteiger partial charge in [0.15, 0.2) is 0 Å². The molecule has 0 spiro atoms. The summed E-state index contributed by atoms with van der Waals surface area (Å²) < 4.78 is 11.1. The van der Waals surface area contributed by atoms with Gasteiger partial charge in [0, 0.05) is 37.1 Å². The molecule has 31 heavy (non-hydrogen) atoms. The number of carbonyl (C=O) groups excluding carboxylic acids is 1. The highest BCUT2D eigenvalue weighted by Crippen LogP contribution is 2.36. The zero-order chi connectivity index (χ0) is 22.1. The van der Waals surface area contributed by atoms with Gasteiger partial charge in [-0.05, 0) is 48.9 Å². The SMILES string of the molecule is COc1ccc(OC)c2c(C)cc(N3CCN(C(=O)c4ccc(Cl)c(Cl)c4)CC3)nc12. The van der Waals surface area contributed by atoms with Crippen LogP contribution >= 0.6 is 23.2 Å². The van der Waals surface area contributed by atoms with E-state index in [4.69, 9.17) is 37.7 Å². The Morgan fingerprint density at radius 2 is 1.61 bits per heavy atom. The summed E-state index contributed by atoms with van der Waals surface area (Å²) in [6, 6.07) is 10.8. The minimum Gasteiger partial charge on any atom is -0.496 e. The number of aromatic nitrogens is 1.